The summed E-state index contributed by atoms with van der Waals surface area (Å²) in [4.78, 5) is 4.16. The molecule has 4 nitrogen and oxygen atoms in total. The van der Waals surface area contributed by atoms with Crippen LogP contribution >= 0.6 is 0 Å². The first-order valence-corrected chi connectivity index (χ1v) is 9.41. The average molecular weight is 369 g/mol. The first-order chi connectivity index (χ1) is 12.5. The van der Waals surface area contributed by atoms with E-state index in [-0.39, 0.29) is 5.41 Å². The van der Waals surface area contributed by atoms with Gasteiger partial charge in [0.05, 0.1) is 18.8 Å². The summed E-state index contributed by atoms with van der Waals surface area (Å²) in [7, 11) is 0. The topological polar surface area (TPSA) is 27.7 Å². The molecule has 1 unspecified atom stereocenters. The van der Waals surface area contributed by atoms with Gasteiger partial charge < -0.3 is 15.0 Å². The van der Waals surface area contributed by atoms with E-state index in [4.69, 9.17) is 4.74 Å². The molecule has 0 saturated carbocycles. The maximum absolute atomic E-state index is 13.7. The minimum Gasteiger partial charge on any atom is -0.378 e. The van der Waals surface area contributed by atoms with E-state index in [0.29, 0.717) is 44.1 Å². The Labute approximate surface area is 152 Å². The Balaban J connectivity index is 1.53. The average Bonchev–Trinajstić information content (AvgIpc) is 3.25. The fourth-order valence-electron chi connectivity index (χ4n) is 4.53. The quantitative estimate of drug-likeness (QED) is 0.887. The van der Waals surface area contributed by atoms with Crippen LogP contribution in [0.15, 0.2) is 18.2 Å². The number of nitrogens with one attached hydrogen (secondary N) is 1. The molecule has 26 heavy (non-hydrogen) atoms. The van der Waals surface area contributed by atoms with Crippen LogP contribution in [0.25, 0.3) is 0 Å². The van der Waals surface area contributed by atoms with E-state index >= 15 is 0 Å². The zero-order valence-electron chi connectivity index (χ0n) is 14.9. The van der Waals surface area contributed by atoms with Crippen LogP contribution in [0.3, 0.4) is 0 Å². The summed E-state index contributed by atoms with van der Waals surface area (Å²) in [6, 6.07) is 4.83. The summed E-state index contributed by atoms with van der Waals surface area (Å²) < 4.78 is 46.4. The minimum atomic E-state index is -4.33. The number of nitrogens with zero attached hydrogens (tertiary/aromatic N) is 2. The number of ether oxygens (including phenoxy) is 1. The summed E-state index contributed by atoms with van der Waals surface area (Å²) >= 11 is 0. The number of benzene rings is 1. The van der Waals surface area contributed by atoms with E-state index in [9.17, 15) is 13.2 Å². The molecule has 3 aliphatic rings. The van der Waals surface area contributed by atoms with Gasteiger partial charge in [-0.25, -0.2) is 0 Å². The van der Waals surface area contributed by atoms with Crippen LogP contribution in [0.5, 0.6) is 0 Å². The molecular weight excluding hydrogens is 343 g/mol. The summed E-state index contributed by atoms with van der Waals surface area (Å²) in [5, 5.41) is 3.40. The number of alkyl halides is 3. The Kier molecular flexibility index (Phi) is 4.88. The van der Waals surface area contributed by atoms with Crippen LogP contribution in [0.1, 0.15) is 24.0 Å². The van der Waals surface area contributed by atoms with Crippen molar-refractivity contribution in [1.29, 1.82) is 0 Å². The molecule has 0 aliphatic carbocycles. The lowest BCUT2D eigenvalue weighted by Crippen LogP contribution is -2.36. The second-order valence-electron chi connectivity index (χ2n) is 7.83. The maximum atomic E-state index is 13.7. The predicted octanol–water partition coefficient (Wildman–Crippen LogP) is 2.73. The van der Waals surface area contributed by atoms with Crippen molar-refractivity contribution < 1.29 is 17.9 Å². The van der Waals surface area contributed by atoms with Crippen LogP contribution in [0.2, 0.25) is 0 Å². The highest BCUT2D eigenvalue weighted by atomic mass is 19.4. The van der Waals surface area contributed by atoms with E-state index < -0.39 is 11.7 Å². The fourth-order valence-corrected chi connectivity index (χ4v) is 4.53. The fraction of sp³-hybridized carbons (Fsp3) is 0.684. The Bertz CT molecular complexity index is 637. The Hall–Kier alpha value is -1.31. The molecule has 4 rings (SSSR count). The molecule has 1 atom stereocenters. The van der Waals surface area contributed by atoms with Crippen molar-refractivity contribution >= 4 is 5.69 Å². The second kappa shape index (κ2) is 7.02. The molecule has 1 aromatic carbocycles. The van der Waals surface area contributed by atoms with Gasteiger partial charge in [-0.2, -0.15) is 13.2 Å². The molecule has 0 bridgehead atoms. The van der Waals surface area contributed by atoms with Gasteiger partial charge in [-0.1, -0.05) is 6.07 Å². The smallest absolute Gasteiger partial charge is 0.378 e. The molecule has 0 amide bonds. The highest BCUT2D eigenvalue weighted by Gasteiger charge is 2.41. The lowest BCUT2D eigenvalue weighted by Gasteiger charge is -2.30. The number of hydrogen-bond donors (Lipinski definition) is 1. The molecule has 3 aliphatic heterocycles. The second-order valence-corrected chi connectivity index (χ2v) is 7.83. The van der Waals surface area contributed by atoms with Crippen molar-refractivity contribution in [2.75, 3.05) is 57.4 Å². The van der Waals surface area contributed by atoms with Crippen LogP contribution < -0.4 is 10.2 Å². The summed E-state index contributed by atoms with van der Waals surface area (Å²) in [5.74, 6) is 0. The van der Waals surface area contributed by atoms with Gasteiger partial charge >= 0.3 is 6.18 Å². The third-order valence-electron chi connectivity index (χ3n) is 6.02. The molecular formula is C19H26F3N3O. The third kappa shape index (κ3) is 3.70. The molecule has 3 fully saturated rings. The van der Waals surface area contributed by atoms with Gasteiger partial charge in [0.25, 0.3) is 0 Å². The summed E-state index contributed by atoms with van der Waals surface area (Å²) in [5.41, 5.74) is 0.804. The highest BCUT2D eigenvalue weighted by molar-refractivity contribution is 5.52. The molecule has 7 heteroatoms. The van der Waals surface area contributed by atoms with Crippen LogP contribution in [-0.2, 0) is 17.5 Å². The number of hydrogen-bond acceptors (Lipinski definition) is 4. The van der Waals surface area contributed by atoms with E-state index in [1.165, 1.54) is 6.07 Å². The number of rotatable bonds is 3. The van der Waals surface area contributed by atoms with E-state index in [1.54, 1.807) is 6.07 Å². The largest absolute Gasteiger partial charge is 0.416 e. The Morgan fingerprint density at radius 3 is 2.62 bits per heavy atom. The standard InChI is InChI=1S/C19H26F3N3O/c20-19(21,22)17-11-16(25-7-9-26-10-8-25)2-1-15(17)12-24-6-4-18(14-24)3-5-23-13-18/h1-2,11,23H,3-10,12-14H2. The number of likely N-dealkylation sites (tertiary alicyclic amines) is 1. The maximum Gasteiger partial charge on any atom is 0.416 e. The summed E-state index contributed by atoms with van der Waals surface area (Å²) in [6.45, 7) is 6.56. The lowest BCUT2D eigenvalue weighted by atomic mass is 9.86. The molecule has 144 valence electrons. The Morgan fingerprint density at radius 2 is 1.92 bits per heavy atom. The van der Waals surface area contributed by atoms with Gasteiger partial charge in [-0.3, -0.25) is 4.90 Å². The zero-order chi connectivity index (χ0) is 18.2. The van der Waals surface area contributed by atoms with Crippen molar-refractivity contribution in [1.82, 2.24) is 10.2 Å². The van der Waals surface area contributed by atoms with Crippen molar-refractivity contribution in [3.05, 3.63) is 29.3 Å². The van der Waals surface area contributed by atoms with Crippen LogP contribution in [-0.4, -0.2) is 57.4 Å². The number of halogens is 3. The molecule has 0 radical (unpaired) electrons. The summed E-state index contributed by atoms with van der Waals surface area (Å²) in [6.07, 6.45) is -2.12. The molecule has 1 aromatic rings. The molecule has 1 spiro atoms. The Morgan fingerprint density at radius 1 is 1.12 bits per heavy atom. The van der Waals surface area contributed by atoms with Gasteiger partial charge in [-0.15, -0.1) is 0 Å². The van der Waals surface area contributed by atoms with E-state index in [0.717, 1.165) is 39.0 Å². The minimum absolute atomic E-state index is 0.270. The van der Waals surface area contributed by atoms with Crippen molar-refractivity contribution in [2.24, 2.45) is 5.41 Å². The van der Waals surface area contributed by atoms with Crippen molar-refractivity contribution in [2.45, 2.75) is 25.6 Å². The van der Waals surface area contributed by atoms with Gasteiger partial charge in [0, 0.05) is 38.4 Å². The number of morpholine rings is 1. The first kappa shape index (κ1) is 18.1. The molecule has 3 heterocycles. The zero-order valence-corrected chi connectivity index (χ0v) is 14.9. The van der Waals surface area contributed by atoms with Crippen LogP contribution in [0, 0.1) is 5.41 Å². The van der Waals surface area contributed by atoms with Crippen molar-refractivity contribution in [3.8, 4) is 0 Å². The van der Waals surface area contributed by atoms with E-state index in [1.807, 2.05) is 11.0 Å². The predicted molar refractivity (Wildman–Crippen MR) is 94.3 cm³/mol. The molecule has 1 N–H and O–H groups in total. The number of anilines is 1. The van der Waals surface area contributed by atoms with Gasteiger partial charge in [-0.05, 0) is 49.0 Å². The highest BCUT2D eigenvalue weighted by Crippen LogP contribution is 2.39. The van der Waals surface area contributed by atoms with Gasteiger partial charge in [0.1, 0.15) is 0 Å². The third-order valence-corrected chi connectivity index (χ3v) is 6.02. The van der Waals surface area contributed by atoms with E-state index in [2.05, 4.69) is 10.2 Å². The monoisotopic (exact) mass is 369 g/mol. The van der Waals surface area contributed by atoms with Crippen LogP contribution in [0.4, 0.5) is 18.9 Å². The van der Waals surface area contributed by atoms with Crippen molar-refractivity contribution in [3.63, 3.8) is 0 Å². The first-order valence-electron chi connectivity index (χ1n) is 9.41. The lowest BCUT2D eigenvalue weighted by molar-refractivity contribution is -0.138. The molecule has 0 aromatic heterocycles. The normalized spacial score (nSPS) is 27.6. The van der Waals surface area contributed by atoms with Gasteiger partial charge in [0.2, 0.25) is 0 Å². The SMILES string of the molecule is FC(F)(F)c1cc(N2CCOCC2)ccc1CN1CCC2(CCNC2)C1. The van der Waals surface area contributed by atoms with Gasteiger partial charge in [0.15, 0.2) is 0 Å². The molecule has 3 saturated heterocycles.